The number of thiophene rings is 1. The number of nitrogens with one attached hydrogen (secondary N) is 1. The number of thioether (sulfide) groups is 1. The van der Waals surface area contributed by atoms with E-state index in [2.05, 4.69) is 34.5 Å². The maximum atomic E-state index is 11.6. The Balaban J connectivity index is 1.95. The van der Waals surface area contributed by atoms with Gasteiger partial charge in [0.15, 0.2) is 0 Å². The maximum Gasteiger partial charge on any atom is 0.261 e. The van der Waals surface area contributed by atoms with Crippen LogP contribution in [0, 0.1) is 0 Å². The van der Waals surface area contributed by atoms with Gasteiger partial charge in [-0.3, -0.25) is 4.79 Å². The molecule has 0 atom stereocenters. The van der Waals surface area contributed by atoms with Gasteiger partial charge in [-0.25, -0.2) is 0 Å². The zero-order chi connectivity index (χ0) is 13.2. The summed E-state index contributed by atoms with van der Waals surface area (Å²) in [5.74, 6) is 1.06. The highest BCUT2D eigenvalue weighted by Crippen LogP contribution is 2.40. The lowest BCUT2D eigenvalue weighted by atomic mass is 10.3. The van der Waals surface area contributed by atoms with E-state index in [1.807, 2.05) is 23.9 Å². The number of amides is 1. The summed E-state index contributed by atoms with van der Waals surface area (Å²) in [5, 5.41) is 3.80. The van der Waals surface area contributed by atoms with Gasteiger partial charge in [-0.15, -0.1) is 23.1 Å². The monoisotopic (exact) mass is 290 g/mol. The number of carbonyl (C=O) groups excluding carboxylic acids is 1. The number of para-hydroxylation sites is 1. The molecule has 19 heavy (non-hydrogen) atoms. The number of nitrogens with zero attached hydrogens (tertiary/aromatic N) is 1. The van der Waals surface area contributed by atoms with E-state index in [4.69, 9.17) is 0 Å². The van der Waals surface area contributed by atoms with Crippen LogP contribution in [-0.4, -0.2) is 25.3 Å². The van der Waals surface area contributed by atoms with Gasteiger partial charge < -0.3 is 10.2 Å². The molecule has 1 amide bonds. The van der Waals surface area contributed by atoms with Gasteiger partial charge in [0.05, 0.1) is 15.6 Å². The largest absolute Gasteiger partial charge is 0.354 e. The van der Waals surface area contributed by atoms with Crippen molar-refractivity contribution in [2.45, 2.75) is 4.90 Å². The average molecular weight is 290 g/mol. The van der Waals surface area contributed by atoms with E-state index in [0.717, 1.165) is 22.2 Å². The van der Waals surface area contributed by atoms with E-state index in [0.29, 0.717) is 0 Å². The van der Waals surface area contributed by atoms with E-state index in [1.54, 1.807) is 18.4 Å². The van der Waals surface area contributed by atoms with Gasteiger partial charge in [0, 0.05) is 24.2 Å². The van der Waals surface area contributed by atoms with Crippen LogP contribution < -0.4 is 10.2 Å². The van der Waals surface area contributed by atoms with E-state index in [1.165, 1.54) is 10.6 Å². The van der Waals surface area contributed by atoms with Gasteiger partial charge in [0.1, 0.15) is 0 Å². The van der Waals surface area contributed by atoms with Crippen molar-refractivity contribution in [1.29, 1.82) is 0 Å². The second-order valence-electron chi connectivity index (χ2n) is 4.18. The number of hydrogen-bond donors (Lipinski definition) is 1. The van der Waals surface area contributed by atoms with Crippen LogP contribution >= 0.6 is 23.1 Å². The molecule has 98 valence electrons. The molecule has 0 bridgehead atoms. The van der Waals surface area contributed by atoms with Crippen LogP contribution in [0.5, 0.6) is 0 Å². The van der Waals surface area contributed by atoms with E-state index < -0.39 is 0 Å². The number of benzene rings is 1. The molecule has 1 aromatic heterocycles. The van der Waals surface area contributed by atoms with Crippen molar-refractivity contribution in [3.63, 3.8) is 0 Å². The fourth-order valence-corrected chi connectivity index (χ4v) is 4.10. The van der Waals surface area contributed by atoms with Crippen molar-refractivity contribution in [3.05, 3.63) is 41.3 Å². The lowest BCUT2D eigenvalue weighted by Crippen LogP contribution is -2.23. The van der Waals surface area contributed by atoms with Crippen molar-refractivity contribution in [3.8, 4) is 0 Å². The van der Waals surface area contributed by atoms with Crippen molar-refractivity contribution in [1.82, 2.24) is 5.32 Å². The van der Waals surface area contributed by atoms with Crippen LogP contribution in [0.1, 0.15) is 9.67 Å². The molecule has 0 saturated heterocycles. The molecule has 0 radical (unpaired) electrons. The zero-order valence-corrected chi connectivity index (χ0v) is 12.2. The smallest absolute Gasteiger partial charge is 0.261 e. The van der Waals surface area contributed by atoms with Crippen LogP contribution in [0.2, 0.25) is 0 Å². The molecule has 1 aromatic carbocycles. The van der Waals surface area contributed by atoms with Crippen LogP contribution in [0.15, 0.2) is 41.3 Å². The molecule has 2 aromatic rings. The van der Waals surface area contributed by atoms with Crippen molar-refractivity contribution < 1.29 is 4.79 Å². The molecule has 1 aliphatic rings. The molecule has 3 rings (SSSR count). The Morgan fingerprint density at radius 1 is 1.26 bits per heavy atom. The number of fused-ring (bicyclic) bond motifs is 1. The summed E-state index contributed by atoms with van der Waals surface area (Å²) in [5.41, 5.74) is 1.24. The average Bonchev–Trinajstić information content (AvgIpc) is 2.95. The highest BCUT2D eigenvalue weighted by Gasteiger charge is 2.20. The van der Waals surface area contributed by atoms with Crippen LogP contribution in [0.3, 0.4) is 0 Å². The van der Waals surface area contributed by atoms with Gasteiger partial charge in [-0.1, -0.05) is 12.1 Å². The standard InChI is InChI=1S/C14H14N2OS2/c1-15-14(17)12-6-7-13(19-12)16-8-9-18-11-5-3-2-4-10(11)16/h2-7H,8-9H2,1H3,(H,15,17). The van der Waals surface area contributed by atoms with E-state index in [9.17, 15) is 4.79 Å². The molecule has 0 fully saturated rings. The first kappa shape index (κ1) is 12.6. The minimum absolute atomic E-state index is 0.0177. The Bertz CT molecular complexity index is 609. The number of hydrogen-bond acceptors (Lipinski definition) is 4. The molecular weight excluding hydrogens is 276 g/mol. The summed E-state index contributed by atoms with van der Waals surface area (Å²) in [6, 6.07) is 12.3. The van der Waals surface area contributed by atoms with Gasteiger partial charge in [-0.2, -0.15) is 0 Å². The summed E-state index contributed by atoms with van der Waals surface area (Å²) < 4.78 is 0. The molecular formula is C14H14N2OS2. The van der Waals surface area contributed by atoms with Gasteiger partial charge in [0.25, 0.3) is 5.91 Å². The number of anilines is 2. The minimum Gasteiger partial charge on any atom is -0.354 e. The molecule has 0 unspecified atom stereocenters. The van der Waals surface area contributed by atoms with Crippen molar-refractivity contribution >= 4 is 39.7 Å². The van der Waals surface area contributed by atoms with Gasteiger partial charge in [0.2, 0.25) is 0 Å². The van der Waals surface area contributed by atoms with Crippen LogP contribution in [0.25, 0.3) is 0 Å². The van der Waals surface area contributed by atoms with Gasteiger partial charge >= 0.3 is 0 Å². The number of rotatable bonds is 2. The topological polar surface area (TPSA) is 32.3 Å². The second-order valence-corrected chi connectivity index (χ2v) is 6.38. The summed E-state index contributed by atoms with van der Waals surface area (Å²) in [6.45, 7) is 0.982. The summed E-state index contributed by atoms with van der Waals surface area (Å²) >= 11 is 3.43. The third-order valence-electron chi connectivity index (χ3n) is 3.04. The molecule has 3 nitrogen and oxygen atoms in total. The molecule has 0 aliphatic carbocycles. The van der Waals surface area contributed by atoms with Crippen molar-refractivity contribution in [2.75, 3.05) is 24.2 Å². The second kappa shape index (κ2) is 5.27. The fraction of sp³-hybridized carbons (Fsp3) is 0.214. The first-order valence-electron chi connectivity index (χ1n) is 6.11. The summed E-state index contributed by atoms with van der Waals surface area (Å²) in [7, 11) is 1.66. The highest BCUT2D eigenvalue weighted by atomic mass is 32.2. The molecule has 5 heteroatoms. The molecule has 2 heterocycles. The Hall–Kier alpha value is -1.46. The molecule has 1 aliphatic heterocycles. The van der Waals surface area contributed by atoms with Crippen LogP contribution in [-0.2, 0) is 0 Å². The van der Waals surface area contributed by atoms with Gasteiger partial charge in [-0.05, 0) is 24.3 Å². The Kier molecular flexibility index (Phi) is 3.48. The van der Waals surface area contributed by atoms with Crippen molar-refractivity contribution in [2.24, 2.45) is 0 Å². The quantitative estimate of drug-likeness (QED) is 0.920. The minimum atomic E-state index is -0.0177. The third-order valence-corrected chi connectivity index (χ3v) is 5.19. The van der Waals surface area contributed by atoms with E-state index in [-0.39, 0.29) is 5.91 Å². The molecule has 0 spiro atoms. The Labute approximate surface area is 120 Å². The zero-order valence-electron chi connectivity index (χ0n) is 10.6. The van der Waals surface area contributed by atoms with Crippen LogP contribution in [0.4, 0.5) is 10.7 Å². The first-order valence-corrected chi connectivity index (χ1v) is 7.91. The lowest BCUT2D eigenvalue weighted by Gasteiger charge is -2.29. The Morgan fingerprint density at radius 3 is 2.95 bits per heavy atom. The predicted molar refractivity (Wildman–Crippen MR) is 81.9 cm³/mol. The fourth-order valence-electron chi connectivity index (χ4n) is 2.12. The van der Waals surface area contributed by atoms with E-state index >= 15 is 0 Å². The third kappa shape index (κ3) is 2.35. The highest BCUT2D eigenvalue weighted by molar-refractivity contribution is 7.99. The molecule has 0 saturated carbocycles. The lowest BCUT2D eigenvalue weighted by molar-refractivity contribution is 0.0967. The number of carbonyl (C=O) groups is 1. The normalized spacial score (nSPS) is 14.1. The Morgan fingerprint density at radius 2 is 2.11 bits per heavy atom. The predicted octanol–water partition coefficient (Wildman–Crippen LogP) is 3.35. The summed E-state index contributed by atoms with van der Waals surface area (Å²) in [4.78, 5) is 16.0. The molecule has 1 N–H and O–H groups in total. The SMILES string of the molecule is CNC(=O)c1ccc(N2CCSc3ccccc32)s1. The first-order chi connectivity index (χ1) is 9.29. The summed E-state index contributed by atoms with van der Waals surface area (Å²) in [6.07, 6.45) is 0. The maximum absolute atomic E-state index is 11.6.